The Labute approximate surface area is 178 Å². The number of hydrogen-bond donors (Lipinski definition) is 1. The average molecular weight is 417 g/mol. The molecular formula is C23H29ClN2O3. The molecule has 2 amide bonds. The van der Waals surface area contributed by atoms with E-state index >= 15 is 0 Å². The minimum absolute atomic E-state index is 0.151. The molecule has 2 rings (SSSR count). The maximum atomic E-state index is 13.0. The van der Waals surface area contributed by atoms with Gasteiger partial charge in [-0.05, 0) is 43.5 Å². The van der Waals surface area contributed by atoms with Gasteiger partial charge in [-0.2, -0.15) is 0 Å². The summed E-state index contributed by atoms with van der Waals surface area (Å²) in [4.78, 5) is 27.1. The van der Waals surface area contributed by atoms with E-state index in [2.05, 4.69) is 12.2 Å². The number of benzene rings is 2. The van der Waals surface area contributed by atoms with Crippen LogP contribution in [0.25, 0.3) is 0 Å². The first-order chi connectivity index (χ1) is 13.9. The Hall–Kier alpha value is -2.53. The largest absolute Gasteiger partial charge is 0.484 e. The number of nitrogens with zero attached hydrogens (tertiary/aromatic N) is 1. The fourth-order valence-electron chi connectivity index (χ4n) is 2.87. The van der Waals surface area contributed by atoms with Crippen LogP contribution in [0, 0.1) is 6.92 Å². The van der Waals surface area contributed by atoms with Crippen LogP contribution in [0.2, 0.25) is 5.02 Å². The Kier molecular flexibility index (Phi) is 9.00. The van der Waals surface area contributed by atoms with Gasteiger partial charge < -0.3 is 15.0 Å². The van der Waals surface area contributed by atoms with E-state index in [0.29, 0.717) is 17.3 Å². The summed E-state index contributed by atoms with van der Waals surface area (Å²) in [6.45, 7) is 6.38. The van der Waals surface area contributed by atoms with Gasteiger partial charge in [-0.15, -0.1) is 0 Å². The Bertz CT molecular complexity index is 825. The molecule has 0 heterocycles. The van der Waals surface area contributed by atoms with Crippen LogP contribution in [-0.2, 0) is 16.1 Å². The Morgan fingerprint density at radius 2 is 1.83 bits per heavy atom. The number of unbranched alkanes of at least 4 members (excludes halogenated alkanes) is 1. The molecule has 0 aliphatic carbocycles. The van der Waals surface area contributed by atoms with Crippen LogP contribution in [0.15, 0.2) is 48.5 Å². The van der Waals surface area contributed by atoms with E-state index in [-0.39, 0.29) is 25.0 Å². The summed E-state index contributed by atoms with van der Waals surface area (Å²) < 4.78 is 5.72. The molecule has 1 N–H and O–H groups in total. The quantitative estimate of drug-likeness (QED) is 0.585. The van der Waals surface area contributed by atoms with Gasteiger partial charge in [0.2, 0.25) is 5.91 Å². The number of carbonyl (C=O) groups excluding carboxylic acids is 2. The van der Waals surface area contributed by atoms with Gasteiger partial charge in [0.25, 0.3) is 5.91 Å². The zero-order chi connectivity index (χ0) is 21.2. The molecule has 0 saturated carbocycles. The number of hydrogen-bond acceptors (Lipinski definition) is 3. The third kappa shape index (κ3) is 6.79. The standard InChI is InChI=1S/C23H29ClN2O3/c1-4-5-14-25-23(28)18(3)26(15-19-11-7-8-12-20(19)24)22(27)16-29-21-13-9-6-10-17(21)2/h6-13,18H,4-5,14-16H2,1-3H3,(H,25,28)/t18-/m1/s1. The van der Waals surface area contributed by atoms with E-state index in [1.807, 2.05) is 49.4 Å². The van der Waals surface area contributed by atoms with Crippen molar-refractivity contribution < 1.29 is 14.3 Å². The van der Waals surface area contributed by atoms with Crippen LogP contribution in [-0.4, -0.2) is 35.9 Å². The van der Waals surface area contributed by atoms with Gasteiger partial charge in [0.1, 0.15) is 11.8 Å². The molecule has 156 valence electrons. The van der Waals surface area contributed by atoms with Crippen LogP contribution in [0.3, 0.4) is 0 Å². The van der Waals surface area contributed by atoms with Gasteiger partial charge in [-0.3, -0.25) is 9.59 Å². The molecule has 0 aliphatic rings. The maximum absolute atomic E-state index is 13.0. The minimum Gasteiger partial charge on any atom is -0.484 e. The Morgan fingerprint density at radius 3 is 2.52 bits per heavy atom. The van der Waals surface area contributed by atoms with Crippen molar-refractivity contribution in [2.75, 3.05) is 13.2 Å². The van der Waals surface area contributed by atoms with Crippen molar-refractivity contribution in [2.45, 2.75) is 46.2 Å². The number of para-hydroxylation sites is 1. The number of nitrogens with one attached hydrogen (secondary N) is 1. The first-order valence-electron chi connectivity index (χ1n) is 9.93. The number of rotatable bonds is 10. The molecule has 6 heteroatoms. The van der Waals surface area contributed by atoms with Gasteiger partial charge in [-0.25, -0.2) is 0 Å². The molecule has 29 heavy (non-hydrogen) atoms. The van der Waals surface area contributed by atoms with Crippen LogP contribution in [0.1, 0.15) is 37.8 Å². The zero-order valence-corrected chi connectivity index (χ0v) is 18.0. The van der Waals surface area contributed by atoms with Crippen LogP contribution in [0.4, 0.5) is 0 Å². The predicted molar refractivity (Wildman–Crippen MR) is 116 cm³/mol. The SMILES string of the molecule is CCCCNC(=O)[C@@H](C)N(Cc1ccccc1Cl)C(=O)COc1ccccc1C. The monoisotopic (exact) mass is 416 g/mol. The van der Waals surface area contributed by atoms with E-state index < -0.39 is 6.04 Å². The van der Waals surface area contributed by atoms with E-state index in [1.165, 1.54) is 4.90 Å². The molecule has 0 aromatic heterocycles. The van der Waals surface area contributed by atoms with Gasteiger partial charge in [-0.1, -0.05) is 61.3 Å². The first kappa shape index (κ1) is 22.8. The molecule has 0 spiro atoms. The summed E-state index contributed by atoms with van der Waals surface area (Å²) in [5, 5.41) is 3.45. The molecule has 5 nitrogen and oxygen atoms in total. The summed E-state index contributed by atoms with van der Waals surface area (Å²) in [7, 11) is 0. The molecule has 1 atom stereocenters. The summed E-state index contributed by atoms with van der Waals surface area (Å²) >= 11 is 6.28. The highest BCUT2D eigenvalue weighted by Gasteiger charge is 2.27. The van der Waals surface area contributed by atoms with E-state index in [1.54, 1.807) is 13.0 Å². The van der Waals surface area contributed by atoms with E-state index in [0.717, 1.165) is 24.0 Å². The van der Waals surface area contributed by atoms with Crippen molar-refractivity contribution in [1.29, 1.82) is 0 Å². The lowest BCUT2D eigenvalue weighted by molar-refractivity contribution is -0.142. The average Bonchev–Trinajstić information content (AvgIpc) is 2.72. The lowest BCUT2D eigenvalue weighted by Crippen LogP contribution is -2.49. The second-order valence-corrected chi connectivity index (χ2v) is 7.39. The Morgan fingerprint density at radius 1 is 1.14 bits per heavy atom. The maximum Gasteiger partial charge on any atom is 0.261 e. The molecule has 0 unspecified atom stereocenters. The highest BCUT2D eigenvalue weighted by atomic mass is 35.5. The summed E-state index contributed by atoms with van der Waals surface area (Å²) in [5.74, 6) is 0.194. The molecule has 0 fully saturated rings. The summed E-state index contributed by atoms with van der Waals surface area (Å²) in [6.07, 6.45) is 1.88. The molecule has 2 aromatic carbocycles. The highest BCUT2D eigenvalue weighted by molar-refractivity contribution is 6.31. The number of aryl methyl sites for hydroxylation is 1. The van der Waals surface area contributed by atoms with E-state index in [9.17, 15) is 9.59 Å². The second kappa shape index (κ2) is 11.5. The number of amides is 2. The molecule has 0 radical (unpaired) electrons. The molecule has 0 aliphatic heterocycles. The van der Waals surface area contributed by atoms with Crippen molar-refractivity contribution in [2.24, 2.45) is 0 Å². The Balaban J connectivity index is 2.14. The highest BCUT2D eigenvalue weighted by Crippen LogP contribution is 2.20. The molecular weight excluding hydrogens is 388 g/mol. The summed E-state index contributed by atoms with van der Waals surface area (Å²) in [5.41, 5.74) is 1.73. The lowest BCUT2D eigenvalue weighted by Gasteiger charge is -2.29. The lowest BCUT2D eigenvalue weighted by atomic mass is 10.1. The zero-order valence-electron chi connectivity index (χ0n) is 17.3. The van der Waals surface area contributed by atoms with Gasteiger partial charge in [0, 0.05) is 18.1 Å². The van der Waals surface area contributed by atoms with Gasteiger partial charge in [0.05, 0.1) is 0 Å². The van der Waals surface area contributed by atoms with Crippen molar-refractivity contribution >= 4 is 23.4 Å². The third-order valence-corrected chi connectivity index (χ3v) is 5.11. The molecule has 2 aromatic rings. The van der Waals surface area contributed by atoms with Crippen molar-refractivity contribution in [1.82, 2.24) is 10.2 Å². The van der Waals surface area contributed by atoms with Crippen molar-refractivity contribution in [3.05, 3.63) is 64.7 Å². The second-order valence-electron chi connectivity index (χ2n) is 6.99. The van der Waals surface area contributed by atoms with Gasteiger partial charge >= 0.3 is 0 Å². The smallest absolute Gasteiger partial charge is 0.261 e. The molecule has 0 bridgehead atoms. The summed E-state index contributed by atoms with van der Waals surface area (Å²) in [6, 6.07) is 14.2. The van der Waals surface area contributed by atoms with Crippen LogP contribution < -0.4 is 10.1 Å². The number of carbonyl (C=O) groups is 2. The normalized spacial score (nSPS) is 11.6. The molecule has 0 saturated heterocycles. The van der Waals surface area contributed by atoms with Crippen LogP contribution >= 0.6 is 11.6 Å². The minimum atomic E-state index is -0.643. The number of halogens is 1. The predicted octanol–water partition coefficient (Wildman–Crippen LogP) is 4.36. The van der Waals surface area contributed by atoms with Gasteiger partial charge in [0.15, 0.2) is 6.61 Å². The van der Waals surface area contributed by atoms with Crippen LogP contribution in [0.5, 0.6) is 5.75 Å². The number of ether oxygens (including phenoxy) is 1. The fraction of sp³-hybridized carbons (Fsp3) is 0.391. The van der Waals surface area contributed by atoms with Crippen molar-refractivity contribution in [3.8, 4) is 5.75 Å². The topological polar surface area (TPSA) is 58.6 Å². The fourth-order valence-corrected chi connectivity index (χ4v) is 3.07. The third-order valence-electron chi connectivity index (χ3n) is 4.74. The first-order valence-corrected chi connectivity index (χ1v) is 10.3. The van der Waals surface area contributed by atoms with E-state index in [4.69, 9.17) is 16.3 Å². The van der Waals surface area contributed by atoms with Crippen molar-refractivity contribution in [3.63, 3.8) is 0 Å².